The molecule has 0 fully saturated rings. The molecule has 3 aromatic heterocycles. The molecule has 0 bridgehead atoms. The van der Waals surface area contributed by atoms with Crippen LogP contribution in [0, 0.1) is 3.57 Å². The van der Waals surface area contributed by atoms with E-state index in [1.807, 2.05) is 18.2 Å². The van der Waals surface area contributed by atoms with Gasteiger partial charge >= 0.3 is 0 Å². The van der Waals surface area contributed by atoms with Gasteiger partial charge < -0.3 is 9.72 Å². The Morgan fingerprint density at radius 1 is 1.20 bits per heavy atom. The van der Waals surface area contributed by atoms with Crippen molar-refractivity contribution in [1.82, 2.24) is 19.9 Å². The van der Waals surface area contributed by atoms with Crippen molar-refractivity contribution in [3.05, 3.63) is 45.7 Å². The molecule has 0 aliphatic heterocycles. The highest BCUT2D eigenvalue weighted by atomic mass is 127. The number of imidazole rings is 1. The lowest BCUT2D eigenvalue weighted by Gasteiger charge is -2.02. The number of ether oxygens (including phenoxy) is 1. The molecule has 3 aromatic rings. The van der Waals surface area contributed by atoms with Crippen molar-refractivity contribution in [3.8, 4) is 5.75 Å². The average molecular weight is 380 g/mol. The largest absolute Gasteiger partial charge is 0.497 e. The fraction of sp³-hybridized carbons (Fsp3) is 0.214. The summed E-state index contributed by atoms with van der Waals surface area (Å²) in [4.78, 5) is 16.4. The zero-order valence-corrected chi connectivity index (χ0v) is 13.1. The second-order valence-corrected chi connectivity index (χ2v) is 5.52. The number of halogens is 1. The van der Waals surface area contributed by atoms with Crippen LogP contribution in [-0.2, 0) is 12.8 Å². The van der Waals surface area contributed by atoms with E-state index >= 15 is 0 Å². The molecular weight excluding hydrogens is 367 g/mol. The zero-order valence-electron chi connectivity index (χ0n) is 10.9. The van der Waals surface area contributed by atoms with Crippen LogP contribution in [0.5, 0.6) is 5.75 Å². The molecule has 0 aliphatic carbocycles. The molecule has 0 unspecified atom stereocenters. The molecule has 0 saturated heterocycles. The molecule has 0 atom stereocenters. The summed E-state index contributed by atoms with van der Waals surface area (Å²) >= 11 is 2.28. The van der Waals surface area contributed by atoms with Crippen molar-refractivity contribution in [2.24, 2.45) is 0 Å². The predicted molar refractivity (Wildman–Crippen MR) is 84.8 cm³/mol. The lowest BCUT2D eigenvalue weighted by molar-refractivity contribution is 0.413. The van der Waals surface area contributed by atoms with E-state index in [2.05, 4.69) is 42.5 Å². The highest BCUT2D eigenvalue weighted by molar-refractivity contribution is 14.1. The normalized spacial score (nSPS) is 10.9. The number of methoxy groups -OCH3 is 1. The van der Waals surface area contributed by atoms with Crippen molar-refractivity contribution in [2.75, 3.05) is 7.11 Å². The Balaban J connectivity index is 1.78. The third-order valence-electron chi connectivity index (χ3n) is 3.03. The monoisotopic (exact) mass is 380 g/mol. The Hall–Kier alpha value is -1.70. The maximum absolute atomic E-state index is 5.20. The number of fused-ring (bicyclic) bond motifs is 1. The molecular formula is C14H13IN4O. The van der Waals surface area contributed by atoms with Crippen molar-refractivity contribution in [2.45, 2.75) is 12.8 Å². The minimum atomic E-state index is 0.769. The molecule has 3 rings (SSSR count). The average Bonchev–Trinajstić information content (AvgIpc) is 2.90. The molecule has 20 heavy (non-hydrogen) atoms. The van der Waals surface area contributed by atoms with Crippen LogP contribution >= 0.6 is 22.6 Å². The van der Waals surface area contributed by atoms with Gasteiger partial charge in [-0.05, 0) is 41.1 Å². The summed E-state index contributed by atoms with van der Waals surface area (Å²) < 4.78 is 6.33. The molecule has 102 valence electrons. The van der Waals surface area contributed by atoms with E-state index in [1.54, 1.807) is 19.5 Å². The highest BCUT2D eigenvalue weighted by Crippen LogP contribution is 2.17. The van der Waals surface area contributed by atoms with Crippen LogP contribution in [-0.4, -0.2) is 27.0 Å². The van der Waals surface area contributed by atoms with E-state index in [9.17, 15) is 0 Å². The maximum atomic E-state index is 5.20. The first-order valence-corrected chi connectivity index (χ1v) is 7.32. The number of nitrogens with zero attached hydrogens (tertiary/aromatic N) is 3. The Labute approximate surface area is 130 Å². The second kappa shape index (κ2) is 5.74. The Bertz CT molecular complexity index is 741. The number of H-pyrrole nitrogens is 1. The standard InChI is InChI=1S/C14H13IN4O/c1-20-10-4-6-16-9(8-10)2-3-12-18-13-11(15)5-7-17-14(13)19-12/h4-8H,2-3H2,1H3,(H,17,18,19). The van der Waals surface area contributed by atoms with Crippen LogP contribution in [0.15, 0.2) is 30.6 Å². The SMILES string of the molecule is COc1ccnc(CCc2nc3nccc(I)c3[nH]2)c1. The summed E-state index contributed by atoms with van der Waals surface area (Å²) in [6.07, 6.45) is 5.15. The highest BCUT2D eigenvalue weighted by Gasteiger charge is 2.07. The van der Waals surface area contributed by atoms with Gasteiger partial charge in [-0.3, -0.25) is 4.98 Å². The lowest BCUT2D eigenvalue weighted by Crippen LogP contribution is -1.96. The first kappa shape index (κ1) is 13.3. The molecule has 0 aliphatic rings. The van der Waals surface area contributed by atoms with Crippen molar-refractivity contribution < 1.29 is 4.74 Å². The zero-order chi connectivity index (χ0) is 13.9. The van der Waals surface area contributed by atoms with E-state index in [0.717, 1.165) is 44.8 Å². The molecule has 0 saturated carbocycles. The minimum absolute atomic E-state index is 0.769. The van der Waals surface area contributed by atoms with E-state index in [-0.39, 0.29) is 0 Å². The molecule has 0 amide bonds. The van der Waals surface area contributed by atoms with Crippen LogP contribution in [0.3, 0.4) is 0 Å². The molecule has 5 nitrogen and oxygen atoms in total. The minimum Gasteiger partial charge on any atom is -0.497 e. The first-order chi connectivity index (χ1) is 9.76. The van der Waals surface area contributed by atoms with Gasteiger partial charge in [-0.2, -0.15) is 0 Å². The number of aryl methyl sites for hydroxylation is 2. The van der Waals surface area contributed by atoms with Gasteiger partial charge in [0.05, 0.1) is 12.6 Å². The van der Waals surface area contributed by atoms with E-state index in [4.69, 9.17) is 4.74 Å². The fourth-order valence-corrected chi connectivity index (χ4v) is 2.55. The Kier molecular flexibility index (Phi) is 3.81. The molecule has 0 radical (unpaired) electrons. The summed E-state index contributed by atoms with van der Waals surface area (Å²) in [5.41, 5.74) is 2.76. The fourth-order valence-electron chi connectivity index (χ4n) is 2.01. The summed E-state index contributed by atoms with van der Waals surface area (Å²) in [7, 11) is 1.66. The van der Waals surface area contributed by atoms with Gasteiger partial charge in [0.25, 0.3) is 0 Å². The quantitative estimate of drug-likeness (QED) is 0.708. The molecule has 6 heteroatoms. The van der Waals surface area contributed by atoms with Crippen LogP contribution in [0.1, 0.15) is 11.5 Å². The van der Waals surface area contributed by atoms with Gasteiger partial charge in [-0.1, -0.05) is 0 Å². The number of rotatable bonds is 4. The summed E-state index contributed by atoms with van der Waals surface area (Å²) in [6, 6.07) is 5.76. The van der Waals surface area contributed by atoms with Gasteiger partial charge in [0.1, 0.15) is 11.6 Å². The molecule has 0 spiro atoms. The Morgan fingerprint density at radius 2 is 2.05 bits per heavy atom. The van der Waals surface area contributed by atoms with Gasteiger partial charge in [-0.15, -0.1) is 0 Å². The predicted octanol–water partition coefficient (Wildman–Crippen LogP) is 2.75. The van der Waals surface area contributed by atoms with Crippen molar-refractivity contribution in [1.29, 1.82) is 0 Å². The Morgan fingerprint density at radius 3 is 2.85 bits per heavy atom. The van der Waals surface area contributed by atoms with Gasteiger partial charge in [0, 0.05) is 34.1 Å². The van der Waals surface area contributed by atoms with E-state index in [1.165, 1.54) is 0 Å². The van der Waals surface area contributed by atoms with Crippen LogP contribution < -0.4 is 4.74 Å². The number of nitrogens with one attached hydrogen (secondary N) is 1. The van der Waals surface area contributed by atoms with Gasteiger partial charge in [-0.25, -0.2) is 9.97 Å². The van der Waals surface area contributed by atoms with Crippen LogP contribution in [0.4, 0.5) is 0 Å². The maximum Gasteiger partial charge on any atom is 0.178 e. The van der Waals surface area contributed by atoms with Crippen LogP contribution in [0.25, 0.3) is 11.2 Å². The number of aromatic amines is 1. The van der Waals surface area contributed by atoms with E-state index < -0.39 is 0 Å². The van der Waals surface area contributed by atoms with Crippen LogP contribution in [0.2, 0.25) is 0 Å². The van der Waals surface area contributed by atoms with Crippen molar-refractivity contribution in [3.63, 3.8) is 0 Å². The van der Waals surface area contributed by atoms with Crippen molar-refractivity contribution >= 4 is 33.8 Å². The molecule has 1 N–H and O–H groups in total. The van der Waals surface area contributed by atoms with Gasteiger partial charge in [0.15, 0.2) is 5.65 Å². The third-order valence-corrected chi connectivity index (χ3v) is 3.93. The second-order valence-electron chi connectivity index (χ2n) is 4.36. The summed E-state index contributed by atoms with van der Waals surface area (Å²) in [6.45, 7) is 0. The first-order valence-electron chi connectivity index (χ1n) is 6.24. The summed E-state index contributed by atoms with van der Waals surface area (Å²) in [5.74, 6) is 1.76. The number of hydrogen-bond acceptors (Lipinski definition) is 4. The lowest BCUT2D eigenvalue weighted by atomic mass is 10.2. The number of pyridine rings is 2. The third kappa shape index (κ3) is 2.74. The molecule has 0 aromatic carbocycles. The van der Waals surface area contributed by atoms with Gasteiger partial charge in [0.2, 0.25) is 0 Å². The van der Waals surface area contributed by atoms with E-state index in [0.29, 0.717) is 0 Å². The molecule has 3 heterocycles. The topological polar surface area (TPSA) is 63.7 Å². The number of aromatic nitrogens is 4. The smallest absolute Gasteiger partial charge is 0.178 e. The summed E-state index contributed by atoms with van der Waals surface area (Å²) in [5, 5.41) is 0. The number of hydrogen-bond donors (Lipinski definition) is 1.